The summed E-state index contributed by atoms with van der Waals surface area (Å²) in [6.07, 6.45) is 5.07. The number of aliphatic hydroxyl groups excluding tert-OH is 2. The molecule has 0 spiro atoms. The van der Waals surface area contributed by atoms with Gasteiger partial charge in [0.15, 0.2) is 0 Å². The first-order chi connectivity index (χ1) is 14.7. The van der Waals surface area contributed by atoms with Gasteiger partial charge in [-0.15, -0.1) is 34.4 Å². The minimum absolute atomic E-state index is 0. The smallest absolute Gasteiger partial charge is 0.0536 e. The minimum Gasteiger partial charge on any atom is -0.393 e. The second-order valence-corrected chi connectivity index (χ2v) is 9.53. The minimum atomic E-state index is -0.375. The van der Waals surface area contributed by atoms with E-state index in [1.165, 1.54) is 44.2 Å². The molecule has 1 aromatic heterocycles. The molecule has 2 atom stereocenters. The zero-order valence-electron chi connectivity index (χ0n) is 20.1. The molecule has 0 bridgehead atoms. The van der Waals surface area contributed by atoms with Crippen molar-refractivity contribution in [2.75, 3.05) is 0 Å². The molecule has 175 valence electrons. The SMILES string of the molecule is CC(O)CC(C)O.Cc1[c-]c2c(c(C)c1)CCc1c-2ncc2ccc(CC(C)C)cc12.[Ir]. The number of hydrogen-bond donors (Lipinski definition) is 2. The summed E-state index contributed by atoms with van der Waals surface area (Å²) >= 11 is 0. The second-order valence-electron chi connectivity index (χ2n) is 9.53. The van der Waals surface area contributed by atoms with Gasteiger partial charge < -0.3 is 15.2 Å². The van der Waals surface area contributed by atoms with Crippen LogP contribution < -0.4 is 0 Å². The second kappa shape index (κ2) is 11.5. The fraction of sp³-hybridized carbons (Fsp3) is 0.464. The van der Waals surface area contributed by atoms with E-state index in [4.69, 9.17) is 15.2 Å². The quantitative estimate of drug-likeness (QED) is 0.370. The van der Waals surface area contributed by atoms with Gasteiger partial charge in [-0.05, 0) is 61.1 Å². The van der Waals surface area contributed by atoms with Crippen LogP contribution in [-0.4, -0.2) is 27.4 Å². The molecule has 0 aliphatic heterocycles. The normalized spacial score (nSPS) is 14.0. The number of aromatic nitrogens is 1. The van der Waals surface area contributed by atoms with E-state index in [9.17, 15) is 0 Å². The first kappa shape index (κ1) is 26.7. The molecule has 1 heterocycles. The average molecular weight is 611 g/mol. The van der Waals surface area contributed by atoms with Crippen LogP contribution in [0, 0.1) is 25.8 Å². The van der Waals surface area contributed by atoms with Crippen LogP contribution in [0.25, 0.3) is 22.0 Å². The summed E-state index contributed by atoms with van der Waals surface area (Å²) in [5.74, 6) is 0.680. The first-order valence-electron chi connectivity index (χ1n) is 11.4. The summed E-state index contributed by atoms with van der Waals surface area (Å²) in [5, 5.41) is 19.8. The number of fused-ring (bicyclic) bond motifs is 5. The van der Waals surface area contributed by atoms with Crippen LogP contribution in [-0.2, 0) is 39.4 Å². The van der Waals surface area contributed by atoms with E-state index >= 15 is 0 Å². The van der Waals surface area contributed by atoms with Crippen LogP contribution >= 0.6 is 0 Å². The Morgan fingerprint density at radius 3 is 2.22 bits per heavy atom. The zero-order chi connectivity index (χ0) is 22.7. The molecular weight excluding hydrogens is 575 g/mol. The summed E-state index contributed by atoms with van der Waals surface area (Å²) in [6.45, 7) is 12.2. The number of benzene rings is 2. The molecule has 4 rings (SSSR count). The Bertz CT molecular complexity index is 1050. The Hall–Kier alpha value is -1.58. The van der Waals surface area contributed by atoms with Crippen LogP contribution in [0.5, 0.6) is 0 Å². The predicted octanol–water partition coefficient (Wildman–Crippen LogP) is 5.75. The van der Waals surface area contributed by atoms with Crippen molar-refractivity contribution in [2.45, 2.75) is 79.4 Å². The fourth-order valence-corrected chi connectivity index (χ4v) is 4.57. The molecule has 2 N–H and O–H groups in total. The molecular formula is C28H36IrNO2-. The molecule has 1 aliphatic carbocycles. The van der Waals surface area contributed by atoms with E-state index in [2.05, 4.69) is 58.0 Å². The van der Waals surface area contributed by atoms with Crippen LogP contribution in [0.4, 0.5) is 0 Å². The van der Waals surface area contributed by atoms with E-state index in [1.54, 1.807) is 13.8 Å². The van der Waals surface area contributed by atoms with Gasteiger partial charge in [0, 0.05) is 26.3 Å². The standard InChI is InChI=1S/C23H24N.C5H12O2.Ir/c1-14(2)9-17-5-6-18-13-24-23-20(21(18)12-17)8-7-19-16(4)10-15(3)11-22(19)23;1-4(6)3-5(2)7;/h5-6,10,12-14H,7-9H2,1-4H3;4-7H,3H2,1-2H3;/q-1;;. The Morgan fingerprint density at radius 2 is 1.62 bits per heavy atom. The first-order valence-corrected chi connectivity index (χ1v) is 11.4. The summed E-state index contributed by atoms with van der Waals surface area (Å²) < 4.78 is 0. The molecule has 3 aromatic rings. The molecule has 3 nitrogen and oxygen atoms in total. The van der Waals surface area contributed by atoms with Gasteiger partial charge in [0.25, 0.3) is 0 Å². The molecule has 0 saturated carbocycles. The summed E-state index contributed by atoms with van der Waals surface area (Å²) in [6, 6.07) is 12.7. The van der Waals surface area contributed by atoms with Gasteiger partial charge in [0.05, 0.1) is 12.2 Å². The monoisotopic (exact) mass is 611 g/mol. The van der Waals surface area contributed by atoms with Gasteiger partial charge in [0.1, 0.15) is 0 Å². The Labute approximate surface area is 206 Å². The summed E-state index contributed by atoms with van der Waals surface area (Å²) in [5.41, 5.74) is 9.23. The van der Waals surface area contributed by atoms with Crippen LogP contribution in [0.2, 0.25) is 0 Å². The van der Waals surface area contributed by atoms with Gasteiger partial charge in [-0.25, -0.2) is 0 Å². The van der Waals surface area contributed by atoms with E-state index in [-0.39, 0.29) is 32.3 Å². The molecule has 1 aliphatic rings. The maximum Gasteiger partial charge on any atom is 0.0536 e. The third-order valence-corrected chi connectivity index (χ3v) is 5.78. The number of aryl methyl sites for hydroxylation is 3. The number of nitrogens with zero attached hydrogens (tertiary/aromatic N) is 1. The molecule has 32 heavy (non-hydrogen) atoms. The predicted molar refractivity (Wildman–Crippen MR) is 129 cm³/mol. The van der Waals surface area contributed by atoms with Crippen molar-refractivity contribution >= 4 is 10.8 Å². The zero-order valence-corrected chi connectivity index (χ0v) is 22.5. The van der Waals surface area contributed by atoms with Crippen molar-refractivity contribution in [1.29, 1.82) is 0 Å². The molecule has 2 aromatic carbocycles. The number of pyridine rings is 1. The molecule has 0 amide bonds. The fourth-order valence-electron chi connectivity index (χ4n) is 4.57. The number of rotatable bonds is 4. The molecule has 1 radical (unpaired) electrons. The maximum absolute atomic E-state index is 8.56. The largest absolute Gasteiger partial charge is 0.393 e. The number of aliphatic hydroxyl groups is 2. The van der Waals surface area contributed by atoms with E-state index < -0.39 is 0 Å². The topological polar surface area (TPSA) is 53.4 Å². The van der Waals surface area contributed by atoms with E-state index in [0.717, 1.165) is 25.0 Å². The van der Waals surface area contributed by atoms with E-state index in [0.29, 0.717) is 12.3 Å². The maximum atomic E-state index is 8.56. The van der Waals surface area contributed by atoms with Crippen LogP contribution in [0.3, 0.4) is 0 Å². The molecule has 0 saturated heterocycles. The Kier molecular flexibility index (Phi) is 9.60. The van der Waals surface area contributed by atoms with Crippen LogP contribution in [0.15, 0.2) is 30.5 Å². The van der Waals surface area contributed by atoms with Gasteiger partial charge >= 0.3 is 0 Å². The van der Waals surface area contributed by atoms with Crippen molar-refractivity contribution in [3.63, 3.8) is 0 Å². The third kappa shape index (κ3) is 6.48. The summed E-state index contributed by atoms with van der Waals surface area (Å²) in [7, 11) is 0. The van der Waals surface area contributed by atoms with Crippen molar-refractivity contribution in [3.05, 3.63) is 64.3 Å². The Balaban J connectivity index is 0.000000398. The average Bonchev–Trinajstić information content (AvgIpc) is 2.66. The van der Waals surface area contributed by atoms with Gasteiger partial charge in [-0.3, -0.25) is 0 Å². The number of hydrogen-bond acceptors (Lipinski definition) is 3. The van der Waals surface area contributed by atoms with Gasteiger partial charge in [-0.1, -0.05) is 57.9 Å². The van der Waals surface area contributed by atoms with Crippen LogP contribution in [0.1, 0.15) is 61.9 Å². The molecule has 2 unspecified atom stereocenters. The van der Waals surface area contributed by atoms with E-state index in [1.807, 2.05) is 6.20 Å². The molecule has 0 fully saturated rings. The molecule has 4 heteroatoms. The van der Waals surface area contributed by atoms with Crippen molar-refractivity contribution in [3.8, 4) is 11.3 Å². The van der Waals surface area contributed by atoms with Gasteiger partial charge in [0.2, 0.25) is 0 Å². The Morgan fingerprint density at radius 1 is 0.969 bits per heavy atom. The van der Waals surface area contributed by atoms with Crippen molar-refractivity contribution < 1.29 is 30.3 Å². The summed E-state index contributed by atoms with van der Waals surface area (Å²) in [4.78, 5) is 4.83. The van der Waals surface area contributed by atoms with Crippen molar-refractivity contribution in [1.82, 2.24) is 4.98 Å². The van der Waals surface area contributed by atoms with Crippen molar-refractivity contribution in [2.24, 2.45) is 5.92 Å². The third-order valence-electron chi connectivity index (χ3n) is 5.78. The van der Waals surface area contributed by atoms with Gasteiger partial charge in [-0.2, -0.15) is 0 Å².